The number of likely N-dealkylation sites (N-methyl/N-ethyl adjacent to an activating group) is 1. The molecule has 0 bridgehead atoms. The first-order valence-electron chi connectivity index (χ1n) is 11.1. The summed E-state index contributed by atoms with van der Waals surface area (Å²) >= 11 is 0. The number of esters is 1. The van der Waals surface area contributed by atoms with Gasteiger partial charge in [-0.1, -0.05) is 12.1 Å². The molecule has 9 heteroatoms. The lowest BCUT2D eigenvalue weighted by Gasteiger charge is -2.42. The first-order chi connectivity index (χ1) is 16.4. The van der Waals surface area contributed by atoms with Crippen molar-refractivity contribution in [3.63, 3.8) is 0 Å². The Balaban J connectivity index is 1.53. The summed E-state index contributed by atoms with van der Waals surface area (Å²) in [4.78, 5) is 39.4. The maximum absolute atomic E-state index is 13.3. The Labute approximate surface area is 197 Å². The summed E-state index contributed by atoms with van der Waals surface area (Å²) in [5.74, 6) is -0.0355. The van der Waals surface area contributed by atoms with Gasteiger partial charge in [0.15, 0.2) is 0 Å². The molecule has 1 fully saturated rings. The summed E-state index contributed by atoms with van der Waals surface area (Å²) in [6.45, 7) is 0.236. The Bertz CT molecular complexity index is 1090. The van der Waals surface area contributed by atoms with E-state index in [0.29, 0.717) is 41.2 Å². The van der Waals surface area contributed by atoms with E-state index in [1.807, 2.05) is 0 Å². The molecular formula is C25H28N2O7. The van der Waals surface area contributed by atoms with Crippen molar-refractivity contribution >= 4 is 23.5 Å². The van der Waals surface area contributed by atoms with Crippen LogP contribution < -0.4 is 14.8 Å². The van der Waals surface area contributed by atoms with Crippen LogP contribution in [0.3, 0.4) is 0 Å². The number of benzene rings is 2. The van der Waals surface area contributed by atoms with Gasteiger partial charge < -0.3 is 29.2 Å². The Kier molecular flexibility index (Phi) is 7.02. The number of nitrogens with zero attached hydrogens (tertiary/aromatic N) is 1. The SMILES string of the molecule is COC(=O)C[C@H]1CC[C@@H]2[C@H](COc3ccc(NC(=O)c4ccccc4OC)cc3C(=O)N2C)O1. The van der Waals surface area contributed by atoms with E-state index in [4.69, 9.17) is 18.9 Å². The van der Waals surface area contributed by atoms with Crippen LogP contribution in [-0.4, -0.2) is 68.8 Å². The van der Waals surface area contributed by atoms with Crippen molar-refractivity contribution in [3.8, 4) is 11.5 Å². The topological polar surface area (TPSA) is 103 Å². The summed E-state index contributed by atoms with van der Waals surface area (Å²) in [6.07, 6.45) is 0.846. The average Bonchev–Trinajstić information content (AvgIpc) is 2.86. The highest BCUT2D eigenvalue weighted by atomic mass is 16.6. The summed E-state index contributed by atoms with van der Waals surface area (Å²) in [5, 5.41) is 2.83. The zero-order valence-corrected chi connectivity index (χ0v) is 19.4. The molecule has 4 rings (SSSR count). The monoisotopic (exact) mass is 468 g/mol. The molecule has 1 saturated heterocycles. The van der Waals surface area contributed by atoms with Crippen LogP contribution in [0.4, 0.5) is 5.69 Å². The molecule has 2 aliphatic rings. The third-order valence-electron chi connectivity index (χ3n) is 6.24. The molecule has 180 valence electrons. The van der Waals surface area contributed by atoms with Crippen molar-refractivity contribution in [2.45, 2.75) is 37.5 Å². The minimum Gasteiger partial charge on any atom is -0.496 e. The second kappa shape index (κ2) is 10.1. The molecule has 0 spiro atoms. The third kappa shape index (κ3) is 4.84. The van der Waals surface area contributed by atoms with E-state index in [1.165, 1.54) is 14.2 Å². The molecular weight excluding hydrogens is 440 g/mol. The first kappa shape index (κ1) is 23.6. The van der Waals surface area contributed by atoms with E-state index < -0.39 is 0 Å². The van der Waals surface area contributed by atoms with E-state index in [9.17, 15) is 14.4 Å². The maximum Gasteiger partial charge on any atom is 0.308 e. The molecule has 0 unspecified atom stereocenters. The van der Waals surface area contributed by atoms with Crippen molar-refractivity contribution in [2.75, 3.05) is 33.2 Å². The smallest absolute Gasteiger partial charge is 0.308 e. The van der Waals surface area contributed by atoms with Crippen molar-refractivity contribution < 1.29 is 33.3 Å². The van der Waals surface area contributed by atoms with Crippen LogP contribution in [0.15, 0.2) is 42.5 Å². The number of carbonyl (C=O) groups is 3. The van der Waals surface area contributed by atoms with Crippen LogP contribution >= 0.6 is 0 Å². The number of amides is 2. The second-order valence-corrected chi connectivity index (χ2v) is 8.31. The van der Waals surface area contributed by atoms with Gasteiger partial charge in [-0.3, -0.25) is 14.4 Å². The van der Waals surface area contributed by atoms with Gasteiger partial charge in [0.1, 0.15) is 24.2 Å². The number of ether oxygens (including phenoxy) is 4. The Morgan fingerprint density at radius 3 is 2.71 bits per heavy atom. The Morgan fingerprint density at radius 2 is 1.94 bits per heavy atom. The number of nitrogens with one attached hydrogen (secondary N) is 1. The van der Waals surface area contributed by atoms with Gasteiger partial charge in [0.05, 0.1) is 43.9 Å². The number of hydrogen-bond acceptors (Lipinski definition) is 7. The van der Waals surface area contributed by atoms with Crippen LogP contribution in [0.25, 0.3) is 0 Å². The second-order valence-electron chi connectivity index (χ2n) is 8.31. The average molecular weight is 469 g/mol. The van der Waals surface area contributed by atoms with Gasteiger partial charge >= 0.3 is 5.97 Å². The van der Waals surface area contributed by atoms with Crippen LogP contribution in [0.5, 0.6) is 11.5 Å². The van der Waals surface area contributed by atoms with Crippen LogP contribution in [-0.2, 0) is 14.3 Å². The number of fused-ring (bicyclic) bond motifs is 2. The minimum atomic E-state index is -0.365. The van der Waals surface area contributed by atoms with Gasteiger partial charge in [0.2, 0.25) is 0 Å². The number of carbonyl (C=O) groups excluding carboxylic acids is 3. The number of para-hydroxylation sites is 1. The van der Waals surface area contributed by atoms with Gasteiger partial charge in [-0.15, -0.1) is 0 Å². The number of hydrogen-bond donors (Lipinski definition) is 1. The number of rotatable bonds is 5. The fourth-order valence-corrected chi connectivity index (χ4v) is 4.41. The molecule has 0 saturated carbocycles. The largest absolute Gasteiger partial charge is 0.496 e. The summed E-state index contributed by atoms with van der Waals surface area (Å²) < 4.78 is 22.1. The van der Waals surface area contributed by atoms with Gasteiger partial charge in [0.25, 0.3) is 11.8 Å². The van der Waals surface area contributed by atoms with Gasteiger partial charge in [0, 0.05) is 12.7 Å². The van der Waals surface area contributed by atoms with E-state index in [1.54, 1.807) is 54.4 Å². The molecule has 2 aromatic carbocycles. The maximum atomic E-state index is 13.3. The highest BCUT2D eigenvalue weighted by Gasteiger charge is 2.39. The molecule has 2 amide bonds. The quantitative estimate of drug-likeness (QED) is 0.673. The van der Waals surface area contributed by atoms with Crippen LogP contribution in [0.1, 0.15) is 40.0 Å². The highest BCUT2D eigenvalue weighted by Crippen LogP contribution is 2.33. The lowest BCUT2D eigenvalue weighted by Crippen LogP contribution is -2.53. The first-order valence-corrected chi connectivity index (χ1v) is 11.1. The van der Waals surface area contributed by atoms with E-state index in [2.05, 4.69) is 5.32 Å². The summed E-state index contributed by atoms with van der Waals surface area (Å²) in [7, 11) is 4.59. The predicted octanol–water partition coefficient (Wildman–Crippen LogP) is 2.89. The summed E-state index contributed by atoms with van der Waals surface area (Å²) in [6, 6.07) is 11.7. The van der Waals surface area contributed by atoms with Crippen molar-refractivity contribution in [1.82, 2.24) is 4.90 Å². The van der Waals surface area contributed by atoms with Crippen molar-refractivity contribution in [1.29, 1.82) is 0 Å². The molecule has 34 heavy (non-hydrogen) atoms. The van der Waals surface area contributed by atoms with Gasteiger partial charge in [-0.25, -0.2) is 0 Å². The molecule has 3 atom stereocenters. The van der Waals surface area contributed by atoms with Crippen molar-refractivity contribution in [2.24, 2.45) is 0 Å². The number of anilines is 1. The Morgan fingerprint density at radius 1 is 1.15 bits per heavy atom. The normalized spacial score (nSPS) is 21.8. The molecule has 2 aromatic rings. The van der Waals surface area contributed by atoms with Gasteiger partial charge in [-0.2, -0.15) is 0 Å². The molecule has 0 aromatic heterocycles. The molecule has 1 N–H and O–H groups in total. The molecule has 0 aliphatic carbocycles. The Hall–Kier alpha value is -3.59. The molecule has 0 radical (unpaired) electrons. The van der Waals surface area contributed by atoms with Crippen molar-refractivity contribution in [3.05, 3.63) is 53.6 Å². The van der Waals surface area contributed by atoms with Crippen LogP contribution in [0.2, 0.25) is 0 Å². The van der Waals surface area contributed by atoms with Crippen LogP contribution in [0, 0.1) is 0 Å². The highest BCUT2D eigenvalue weighted by molar-refractivity contribution is 6.07. The van der Waals surface area contributed by atoms with E-state index in [0.717, 1.165) is 0 Å². The lowest BCUT2D eigenvalue weighted by molar-refractivity contribution is -0.151. The zero-order chi connectivity index (χ0) is 24.2. The standard InChI is InChI=1S/C25H28N2O7/c1-27-19-10-9-16(13-23(28)32-3)34-22(19)14-33-21-11-8-15(12-18(21)25(27)30)26-24(29)17-6-4-5-7-20(17)31-2/h4-8,11-12,16,19,22H,9-10,13-14H2,1-3H3,(H,26,29)/t16-,19-,22+/m1/s1. The number of methoxy groups -OCH3 is 2. The molecule has 2 heterocycles. The fraction of sp³-hybridized carbons (Fsp3) is 0.400. The fourth-order valence-electron chi connectivity index (χ4n) is 4.41. The van der Waals surface area contributed by atoms with E-state index >= 15 is 0 Å². The lowest BCUT2D eigenvalue weighted by atomic mass is 9.94. The zero-order valence-electron chi connectivity index (χ0n) is 19.4. The minimum absolute atomic E-state index is 0.170. The molecule has 9 nitrogen and oxygen atoms in total. The van der Waals surface area contributed by atoms with Gasteiger partial charge in [-0.05, 0) is 43.2 Å². The predicted molar refractivity (Wildman–Crippen MR) is 123 cm³/mol. The third-order valence-corrected chi connectivity index (χ3v) is 6.24. The van der Waals surface area contributed by atoms with E-state index in [-0.39, 0.29) is 49.1 Å². The summed E-state index contributed by atoms with van der Waals surface area (Å²) in [5.41, 5.74) is 1.21. The molecule has 2 aliphatic heterocycles.